The molecule has 3 heteroatoms. The van der Waals surface area contributed by atoms with E-state index in [4.69, 9.17) is 4.74 Å². The van der Waals surface area contributed by atoms with Crippen LogP contribution < -0.4 is 0 Å². The van der Waals surface area contributed by atoms with E-state index in [0.29, 0.717) is 6.04 Å². The lowest BCUT2D eigenvalue weighted by Crippen LogP contribution is -2.37. The van der Waals surface area contributed by atoms with Crippen molar-refractivity contribution in [2.24, 2.45) is 5.41 Å². The molecule has 2 fully saturated rings. The number of likely N-dealkylation sites (tertiary alicyclic amines) is 1. The van der Waals surface area contributed by atoms with Crippen LogP contribution in [0.15, 0.2) is 0 Å². The van der Waals surface area contributed by atoms with Crippen LogP contribution in [-0.2, 0) is 9.53 Å². The van der Waals surface area contributed by atoms with E-state index >= 15 is 0 Å². The van der Waals surface area contributed by atoms with E-state index in [0.717, 1.165) is 25.9 Å². The van der Waals surface area contributed by atoms with Crippen molar-refractivity contribution in [3.05, 3.63) is 0 Å². The van der Waals surface area contributed by atoms with Gasteiger partial charge in [-0.25, -0.2) is 0 Å². The lowest BCUT2D eigenvalue weighted by molar-refractivity contribution is -0.147. The molecule has 0 N–H and O–H groups in total. The van der Waals surface area contributed by atoms with Crippen LogP contribution in [0, 0.1) is 5.41 Å². The van der Waals surface area contributed by atoms with Crippen LogP contribution in [0.1, 0.15) is 32.6 Å². The van der Waals surface area contributed by atoms with E-state index < -0.39 is 0 Å². The molecule has 1 saturated heterocycles. The van der Waals surface area contributed by atoms with Crippen molar-refractivity contribution in [1.82, 2.24) is 4.90 Å². The molecule has 1 aliphatic heterocycles. The summed E-state index contributed by atoms with van der Waals surface area (Å²) in [5.74, 6) is -0.00315. The Kier molecular flexibility index (Phi) is 2.52. The lowest BCUT2D eigenvalue weighted by atomic mass is 10.1. The van der Waals surface area contributed by atoms with Crippen molar-refractivity contribution in [3.8, 4) is 0 Å². The molecule has 0 spiro atoms. The van der Waals surface area contributed by atoms with Gasteiger partial charge in [-0.2, -0.15) is 0 Å². The topological polar surface area (TPSA) is 29.5 Å². The number of rotatable bonds is 3. The molecule has 0 aromatic rings. The second kappa shape index (κ2) is 3.54. The Morgan fingerprint density at radius 2 is 2.29 bits per heavy atom. The lowest BCUT2D eigenvalue weighted by Gasteiger charge is -2.25. The zero-order valence-electron chi connectivity index (χ0n) is 9.08. The van der Waals surface area contributed by atoms with Crippen molar-refractivity contribution >= 4 is 5.97 Å². The number of hydrogen-bond acceptors (Lipinski definition) is 3. The van der Waals surface area contributed by atoms with Gasteiger partial charge in [0.25, 0.3) is 0 Å². The summed E-state index contributed by atoms with van der Waals surface area (Å²) in [5.41, 5.74) is -0.132. The smallest absolute Gasteiger partial charge is 0.313 e. The van der Waals surface area contributed by atoms with Gasteiger partial charge in [-0.15, -0.1) is 0 Å². The first-order valence-electron chi connectivity index (χ1n) is 5.50. The molecule has 1 atom stereocenters. The first-order valence-corrected chi connectivity index (χ1v) is 5.50. The minimum absolute atomic E-state index is 0.00315. The monoisotopic (exact) mass is 197 g/mol. The Labute approximate surface area is 85.4 Å². The molecule has 0 aromatic heterocycles. The summed E-state index contributed by atoms with van der Waals surface area (Å²) in [6.45, 7) is 4.32. The van der Waals surface area contributed by atoms with Gasteiger partial charge in [-0.05, 0) is 39.2 Å². The van der Waals surface area contributed by atoms with E-state index in [1.54, 1.807) is 0 Å². The zero-order chi connectivity index (χ0) is 10.2. The van der Waals surface area contributed by atoms with E-state index in [-0.39, 0.29) is 11.4 Å². The number of esters is 1. The highest BCUT2D eigenvalue weighted by atomic mass is 16.5. The molecule has 0 aromatic carbocycles. The molecule has 0 bridgehead atoms. The van der Waals surface area contributed by atoms with Crippen molar-refractivity contribution in [2.75, 3.05) is 20.2 Å². The maximum Gasteiger partial charge on any atom is 0.313 e. The molecule has 2 aliphatic rings. The quantitative estimate of drug-likeness (QED) is 0.641. The average Bonchev–Trinajstić information content (AvgIpc) is 2.86. The molecule has 0 amide bonds. The third kappa shape index (κ3) is 1.65. The second-order valence-corrected chi connectivity index (χ2v) is 4.73. The Morgan fingerprint density at radius 1 is 1.57 bits per heavy atom. The van der Waals surface area contributed by atoms with Gasteiger partial charge in [-0.3, -0.25) is 9.69 Å². The molecule has 1 saturated carbocycles. The molecule has 14 heavy (non-hydrogen) atoms. The van der Waals surface area contributed by atoms with Gasteiger partial charge in [0, 0.05) is 12.6 Å². The molecule has 80 valence electrons. The highest BCUT2D eigenvalue weighted by Gasteiger charge is 2.52. The normalized spacial score (nSPS) is 30.3. The van der Waals surface area contributed by atoms with Crippen LogP contribution in [0.25, 0.3) is 0 Å². The average molecular weight is 197 g/mol. The summed E-state index contributed by atoms with van der Waals surface area (Å²) in [5, 5.41) is 0. The Morgan fingerprint density at radius 3 is 2.71 bits per heavy atom. The summed E-state index contributed by atoms with van der Waals surface area (Å²) in [4.78, 5) is 14.0. The fraction of sp³-hybridized carbons (Fsp3) is 0.909. The summed E-state index contributed by atoms with van der Waals surface area (Å²) in [6.07, 6.45) is 4.58. The SMILES string of the molecule is COC(=O)C1(CN2CCC[C@@H]2C)CC1. The van der Waals surface area contributed by atoms with Crippen LogP contribution in [0.4, 0.5) is 0 Å². The Bertz CT molecular complexity index is 235. The largest absolute Gasteiger partial charge is 0.469 e. The van der Waals surface area contributed by atoms with Crippen molar-refractivity contribution in [1.29, 1.82) is 0 Å². The van der Waals surface area contributed by atoms with Gasteiger partial charge in [0.1, 0.15) is 0 Å². The third-order valence-electron chi connectivity index (χ3n) is 3.67. The standard InChI is InChI=1S/C11H19NO2/c1-9-4-3-7-12(9)8-11(5-6-11)10(13)14-2/h9H,3-8H2,1-2H3/t9-/m0/s1. The molecule has 1 aliphatic carbocycles. The third-order valence-corrected chi connectivity index (χ3v) is 3.67. The van der Waals surface area contributed by atoms with Crippen LogP contribution in [-0.4, -0.2) is 37.1 Å². The Hall–Kier alpha value is -0.570. The van der Waals surface area contributed by atoms with Crippen molar-refractivity contribution in [3.63, 3.8) is 0 Å². The minimum Gasteiger partial charge on any atom is -0.469 e. The maximum absolute atomic E-state index is 11.5. The summed E-state index contributed by atoms with van der Waals surface area (Å²) >= 11 is 0. The first-order chi connectivity index (χ1) is 6.68. The second-order valence-electron chi connectivity index (χ2n) is 4.73. The highest BCUT2D eigenvalue weighted by Crippen LogP contribution is 2.48. The molecular formula is C11H19NO2. The summed E-state index contributed by atoms with van der Waals surface area (Å²) in [6, 6.07) is 0.650. The van der Waals surface area contributed by atoms with Gasteiger partial charge in [0.05, 0.1) is 12.5 Å². The molecule has 1 heterocycles. The fourth-order valence-electron chi connectivity index (χ4n) is 2.41. The molecular weight excluding hydrogens is 178 g/mol. The van der Waals surface area contributed by atoms with E-state index in [1.807, 2.05) is 0 Å². The summed E-state index contributed by atoms with van der Waals surface area (Å²) in [7, 11) is 1.50. The van der Waals surface area contributed by atoms with Crippen LogP contribution in [0.2, 0.25) is 0 Å². The molecule has 2 rings (SSSR count). The van der Waals surface area contributed by atoms with Crippen molar-refractivity contribution in [2.45, 2.75) is 38.6 Å². The first kappa shape index (κ1) is 9.97. The van der Waals surface area contributed by atoms with E-state index in [9.17, 15) is 4.79 Å². The molecule has 0 unspecified atom stereocenters. The van der Waals surface area contributed by atoms with Crippen LogP contribution in [0.5, 0.6) is 0 Å². The molecule has 0 radical (unpaired) electrons. The minimum atomic E-state index is -0.132. The number of hydrogen-bond donors (Lipinski definition) is 0. The number of nitrogens with zero attached hydrogens (tertiary/aromatic N) is 1. The van der Waals surface area contributed by atoms with Crippen molar-refractivity contribution < 1.29 is 9.53 Å². The number of carbonyl (C=O) groups excluding carboxylic acids is 1. The van der Waals surface area contributed by atoms with Gasteiger partial charge in [0.15, 0.2) is 0 Å². The molecule has 3 nitrogen and oxygen atoms in total. The van der Waals surface area contributed by atoms with Crippen LogP contribution >= 0.6 is 0 Å². The van der Waals surface area contributed by atoms with Gasteiger partial charge >= 0.3 is 5.97 Å². The Balaban J connectivity index is 1.93. The van der Waals surface area contributed by atoms with Gasteiger partial charge in [0.2, 0.25) is 0 Å². The van der Waals surface area contributed by atoms with Gasteiger partial charge in [-0.1, -0.05) is 0 Å². The zero-order valence-corrected chi connectivity index (χ0v) is 9.08. The van der Waals surface area contributed by atoms with Gasteiger partial charge < -0.3 is 4.74 Å². The fourth-order valence-corrected chi connectivity index (χ4v) is 2.41. The number of carbonyl (C=O) groups is 1. The van der Waals surface area contributed by atoms with E-state index in [2.05, 4.69) is 11.8 Å². The maximum atomic E-state index is 11.5. The highest BCUT2D eigenvalue weighted by molar-refractivity contribution is 5.80. The van der Waals surface area contributed by atoms with Crippen LogP contribution in [0.3, 0.4) is 0 Å². The predicted molar refractivity (Wildman–Crippen MR) is 54.0 cm³/mol. The predicted octanol–water partition coefficient (Wildman–Crippen LogP) is 1.42. The van der Waals surface area contributed by atoms with E-state index in [1.165, 1.54) is 20.0 Å². The summed E-state index contributed by atoms with van der Waals surface area (Å²) < 4.78 is 4.86. The number of ether oxygens (including phenoxy) is 1. The number of methoxy groups -OCH3 is 1.